The lowest BCUT2D eigenvalue weighted by molar-refractivity contribution is 0.1000. The Balaban J connectivity index is 1.71. The second-order valence-corrected chi connectivity index (χ2v) is 8.35. The summed E-state index contributed by atoms with van der Waals surface area (Å²) in [6.07, 6.45) is 4.92. The maximum atomic E-state index is 12.5. The Morgan fingerprint density at radius 2 is 1.91 bits per heavy atom. The van der Waals surface area contributed by atoms with Crippen molar-refractivity contribution in [3.63, 3.8) is 0 Å². The van der Waals surface area contributed by atoms with Crippen LogP contribution in [0.15, 0.2) is 29.2 Å². The fraction of sp³-hybridized carbons (Fsp3) is 0.562. The van der Waals surface area contributed by atoms with E-state index in [0.717, 1.165) is 12.3 Å². The summed E-state index contributed by atoms with van der Waals surface area (Å²) in [7, 11) is -3.56. The van der Waals surface area contributed by atoms with E-state index in [1.54, 1.807) is 0 Å². The van der Waals surface area contributed by atoms with Gasteiger partial charge in [0, 0.05) is 11.6 Å². The molecule has 0 saturated heterocycles. The highest BCUT2D eigenvalue weighted by Gasteiger charge is 2.42. The Labute approximate surface area is 131 Å². The Bertz CT molecular complexity index is 669. The van der Waals surface area contributed by atoms with Gasteiger partial charge in [-0.3, -0.25) is 4.79 Å². The van der Waals surface area contributed by atoms with Crippen molar-refractivity contribution in [1.82, 2.24) is 4.72 Å². The van der Waals surface area contributed by atoms with Crippen molar-refractivity contribution in [2.24, 2.45) is 23.5 Å². The number of nitrogens with two attached hydrogens (primary N) is 1. The van der Waals surface area contributed by atoms with Crippen LogP contribution in [0, 0.1) is 17.8 Å². The van der Waals surface area contributed by atoms with Gasteiger partial charge in [-0.2, -0.15) is 0 Å². The largest absolute Gasteiger partial charge is 0.366 e. The third-order valence-corrected chi connectivity index (χ3v) is 6.80. The third kappa shape index (κ3) is 2.90. The molecule has 0 heterocycles. The van der Waals surface area contributed by atoms with E-state index < -0.39 is 15.9 Å². The molecule has 2 bridgehead atoms. The fourth-order valence-corrected chi connectivity index (χ4v) is 5.40. The maximum absolute atomic E-state index is 12.5. The van der Waals surface area contributed by atoms with Gasteiger partial charge in [0.15, 0.2) is 0 Å². The van der Waals surface area contributed by atoms with Gasteiger partial charge in [-0.05, 0) is 68.2 Å². The van der Waals surface area contributed by atoms with E-state index in [4.69, 9.17) is 5.73 Å². The van der Waals surface area contributed by atoms with E-state index in [2.05, 4.69) is 4.72 Å². The van der Waals surface area contributed by atoms with Gasteiger partial charge in [-0.15, -0.1) is 0 Å². The zero-order chi connectivity index (χ0) is 15.9. The fourth-order valence-electron chi connectivity index (χ4n) is 4.10. The first-order chi connectivity index (χ1) is 10.4. The number of sulfonamides is 1. The minimum absolute atomic E-state index is 0.0592. The predicted octanol–water partition coefficient (Wildman–Crippen LogP) is 1.89. The highest BCUT2D eigenvalue weighted by molar-refractivity contribution is 7.89. The van der Waals surface area contributed by atoms with Crippen LogP contribution in [0.4, 0.5) is 0 Å². The molecule has 120 valence electrons. The molecule has 0 spiro atoms. The molecule has 22 heavy (non-hydrogen) atoms. The van der Waals surface area contributed by atoms with E-state index in [1.807, 2.05) is 6.92 Å². The number of carbonyl (C=O) groups is 1. The summed E-state index contributed by atoms with van der Waals surface area (Å²) in [5, 5.41) is 0. The van der Waals surface area contributed by atoms with E-state index in [9.17, 15) is 13.2 Å². The van der Waals surface area contributed by atoms with Crippen LogP contribution in [0.5, 0.6) is 0 Å². The van der Waals surface area contributed by atoms with Crippen LogP contribution in [-0.2, 0) is 10.0 Å². The van der Waals surface area contributed by atoms with Crippen LogP contribution < -0.4 is 10.5 Å². The van der Waals surface area contributed by atoms with Gasteiger partial charge in [-0.1, -0.05) is 6.42 Å². The quantitative estimate of drug-likeness (QED) is 0.867. The molecule has 0 radical (unpaired) electrons. The number of amides is 1. The summed E-state index contributed by atoms with van der Waals surface area (Å²) in [5.41, 5.74) is 5.47. The zero-order valence-electron chi connectivity index (χ0n) is 12.7. The van der Waals surface area contributed by atoms with Gasteiger partial charge in [0.05, 0.1) is 4.90 Å². The molecule has 3 N–H and O–H groups in total. The summed E-state index contributed by atoms with van der Waals surface area (Å²) >= 11 is 0. The molecular weight excluding hydrogens is 300 g/mol. The van der Waals surface area contributed by atoms with Crippen LogP contribution >= 0.6 is 0 Å². The average Bonchev–Trinajstić information content (AvgIpc) is 3.09. The predicted molar refractivity (Wildman–Crippen MR) is 83.7 cm³/mol. The molecule has 0 aliphatic heterocycles. The van der Waals surface area contributed by atoms with E-state index >= 15 is 0 Å². The molecule has 0 aromatic heterocycles. The molecule has 4 atom stereocenters. The SMILES string of the molecule is CC(NS(=O)(=O)c1ccc(C(N)=O)cc1)C1CC2CCC1C2. The molecule has 1 aromatic rings. The lowest BCUT2D eigenvalue weighted by Gasteiger charge is -2.28. The Morgan fingerprint density at radius 1 is 1.23 bits per heavy atom. The summed E-state index contributed by atoms with van der Waals surface area (Å²) in [4.78, 5) is 11.2. The van der Waals surface area contributed by atoms with Gasteiger partial charge in [0.2, 0.25) is 15.9 Å². The number of carbonyl (C=O) groups excluding carboxylic acids is 1. The molecule has 2 saturated carbocycles. The molecule has 2 fully saturated rings. The number of nitrogens with one attached hydrogen (secondary N) is 1. The van der Waals surface area contributed by atoms with Gasteiger partial charge in [0.25, 0.3) is 0 Å². The van der Waals surface area contributed by atoms with E-state index in [1.165, 1.54) is 43.5 Å². The summed E-state index contributed by atoms with van der Waals surface area (Å²) < 4.78 is 27.7. The van der Waals surface area contributed by atoms with Crippen molar-refractivity contribution in [3.8, 4) is 0 Å². The van der Waals surface area contributed by atoms with Crippen molar-refractivity contribution >= 4 is 15.9 Å². The average molecular weight is 322 g/mol. The first kappa shape index (κ1) is 15.5. The molecule has 2 aliphatic rings. The normalized spacial score (nSPS) is 28.7. The van der Waals surface area contributed by atoms with Gasteiger partial charge >= 0.3 is 0 Å². The smallest absolute Gasteiger partial charge is 0.248 e. The van der Waals surface area contributed by atoms with E-state index in [0.29, 0.717) is 17.4 Å². The van der Waals surface area contributed by atoms with Gasteiger partial charge < -0.3 is 5.73 Å². The zero-order valence-corrected chi connectivity index (χ0v) is 13.5. The standard InChI is InChI=1S/C16H22N2O3S/c1-10(15-9-11-2-3-13(15)8-11)18-22(20,21)14-6-4-12(5-7-14)16(17)19/h4-7,10-11,13,15,18H,2-3,8-9H2,1H3,(H2,17,19). The Kier molecular flexibility index (Phi) is 3.99. The number of fused-ring (bicyclic) bond motifs is 2. The van der Waals surface area contributed by atoms with Crippen molar-refractivity contribution in [1.29, 1.82) is 0 Å². The van der Waals surface area contributed by atoms with Crippen LogP contribution in [0.2, 0.25) is 0 Å². The molecular formula is C16H22N2O3S. The molecule has 3 rings (SSSR count). The van der Waals surface area contributed by atoms with Crippen LogP contribution in [0.25, 0.3) is 0 Å². The second kappa shape index (κ2) is 5.66. The van der Waals surface area contributed by atoms with Crippen molar-refractivity contribution in [3.05, 3.63) is 29.8 Å². The number of benzene rings is 1. The van der Waals surface area contributed by atoms with Crippen LogP contribution in [0.1, 0.15) is 43.0 Å². The van der Waals surface area contributed by atoms with E-state index in [-0.39, 0.29) is 10.9 Å². The molecule has 5 nitrogen and oxygen atoms in total. The molecule has 4 unspecified atom stereocenters. The lowest BCUT2D eigenvalue weighted by Crippen LogP contribution is -2.40. The number of hydrogen-bond acceptors (Lipinski definition) is 3. The minimum Gasteiger partial charge on any atom is -0.366 e. The third-order valence-electron chi connectivity index (χ3n) is 5.23. The number of primary amides is 1. The highest BCUT2D eigenvalue weighted by atomic mass is 32.2. The van der Waals surface area contributed by atoms with Crippen LogP contribution in [-0.4, -0.2) is 20.4 Å². The highest BCUT2D eigenvalue weighted by Crippen LogP contribution is 2.49. The minimum atomic E-state index is -3.56. The number of rotatable bonds is 5. The Hall–Kier alpha value is -1.40. The Morgan fingerprint density at radius 3 is 2.41 bits per heavy atom. The maximum Gasteiger partial charge on any atom is 0.248 e. The molecule has 6 heteroatoms. The van der Waals surface area contributed by atoms with Crippen molar-refractivity contribution in [2.45, 2.75) is 43.5 Å². The molecule has 1 amide bonds. The summed E-state index contributed by atoms with van der Waals surface area (Å²) in [5.74, 6) is 1.34. The number of hydrogen-bond donors (Lipinski definition) is 2. The van der Waals surface area contributed by atoms with Gasteiger partial charge in [-0.25, -0.2) is 13.1 Å². The van der Waals surface area contributed by atoms with Gasteiger partial charge in [0.1, 0.15) is 0 Å². The van der Waals surface area contributed by atoms with Crippen molar-refractivity contribution < 1.29 is 13.2 Å². The molecule has 1 aromatic carbocycles. The van der Waals surface area contributed by atoms with Crippen molar-refractivity contribution in [2.75, 3.05) is 0 Å². The summed E-state index contributed by atoms with van der Waals surface area (Å²) in [6, 6.07) is 5.68. The topological polar surface area (TPSA) is 89.3 Å². The first-order valence-corrected chi connectivity index (χ1v) is 9.27. The second-order valence-electron chi connectivity index (χ2n) is 6.64. The van der Waals surface area contributed by atoms with Crippen LogP contribution in [0.3, 0.4) is 0 Å². The lowest BCUT2D eigenvalue weighted by atomic mass is 9.84. The monoisotopic (exact) mass is 322 g/mol. The summed E-state index contributed by atoms with van der Waals surface area (Å²) in [6.45, 7) is 1.96. The first-order valence-electron chi connectivity index (χ1n) is 7.79. The molecule has 2 aliphatic carbocycles.